The molecule has 0 spiro atoms. The molecule has 0 bridgehead atoms. The van der Waals surface area contributed by atoms with Crippen molar-refractivity contribution in [3.05, 3.63) is 24.0 Å². The van der Waals surface area contributed by atoms with Gasteiger partial charge in [-0.25, -0.2) is 0 Å². The molecule has 1 heteroatoms. The summed E-state index contributed by atoms with van der Waals surface area (Å²) < 4.78 is 0.882. The van der Waals surface area contributed by atoms with Gasteiger partial charge in [-0.3, -0.25) is 4.48 Å². The third-order valence-corrected chi connectivity index (χ3v) is 1.98. The fraction of sp³-hybridized carbons (Fsp3) is 0.600. The van der Waals surface area contributed by atoms with Crippen LogP contribution in [0.5, 0.6) is 0 Å². The third kappa shape index (κ3) is 1.93. The van der Waals surface area contributed by atoms with Crippen molar-refractivity contribution in [2.45, 2.75) is 20.8 Å². The molecule has 0 aromatic carbocycles. The van der Waals surface area contributed by atoms with Crippen LogP contribution < -0.4 is 0 Å². The van der Waals surface area contributed by atoms with Gasteiger partial charge in [-0.05, 0) is 5.41 Å². The fourth-order valence-electron chi connectivity index (χ4n) is 1.16. The summed E-state index contributed by atoms with van der Waals surface area (Å²) in [7, 11) is 4.35. The Morgan fingerprint density at radius 2 is 1.73 bits per heavy atom. The van der Waals surface area contributed by atoms with E-state index in [0.717, 1.165) is 4.48 Å². The van der Waals surface area contributed by atoms with Crippen LogP contribution in [0.2, 0.25) is 0 Å². The lowest BCUT2D eigenvalue weighted by molar-refractivity contribution is -0.781. The zero-order valence-electron chi connectivity index (χ0n) is 8.18. The van der Waals surface area contributed by atoms with E-state index in [-0.39, 0.29) is 0 Å². The minimum absolute atomic E-state index is 0.294. The summed E-state index contributed by atoms with van der Waals surface area (Å²) in [6.45, 7) is 6.73. The molecular weight excluding hydrogens is 134 g/mol. The Labute approximate surface area is 69.6 Å². The lowest BCUT2D eigenvalue weighted by atomic mass is 9.88. The maximum Gasteiger partial charge on any atom is 0.104 e. The minimum atomic E-state index is 0.294. The van der Waals surface area contributed by atoms with Crippen molar-refractivity contribution in [2.24, 2.45) is 5.41 Å². The summed E-state index contributed by atoms with van der Waals surface area (Å²) in [5, 5.41) is 0. The van der Waals surface area contributed by atoms with Crippen LogP contribution in [0, 0.1) is 5.41 Å². The lowest BCUT2D eigenvalue weighted by Gasteiger charge is -2.19. The van der Waals surface area contributed by atoms with Crippen LogP contribution in [0.3, 0.4) is 0 Å². The van der Waals surface area contributed by atoms with Crippen LogP contribution >= 0.6 is 0 Å². The van der Waals surface area contributed by atoms with Crippen molar-refractivity contribution in [1.82, 2.24) is 0 Å². The van der Waals surface area contributed by atoms with Crippen LogP contribution in [0.4, 0.5) is 0 Å². The molecule has 0 saturated carbocycles. The molecule has 1 aliphatic rings. The first-order chi connectivity index (χ1) is 4.81. The van der Waals surface area contributed by atoms with Crippen LogP contribution in [0.25, 0.3) is 0 Å². The number of allylic oxidation sites excluding steroid dienone is 2. The highest BCUT2D eigenvalue weighted by molar-refractivity contribution is 5.25. The maximum absolute atomic E-state index is 2.29. The Morgan fingerprint density at radius 1 is 1.18 bits per heavy atom. The molecule has 0 unspecified atom stereocenters. The standard InChI is InChI=1S/C10H18N/c1-10(2,3)9-6-7-11(4,5)8-9/h6-8H,1-5H3/q+1. The van der Waals surface area contributed by atoms with Crippen molar-refractivity contribution in [3.63, 3.8) is 0 Å². The molecule has 1 aliphatic heterocycles. The molecule has 1 nitrogen and oxygen atoms in total. The number of quaternary nitrogens is 1. The summed E-state index contributed by atoms with van der Waals surface area (Å²) in [4.78, 5) is 0. The molecule has 62 valence electrons. The Bertz CT molecular complexity index is 214. The van der Waals surface area contributed by atoms with E-state index >= 15 is 0 Å². The predicted molar refractivity (Wildman–Crippen MR) is 48.8 cm³/mol. The second-order valence-electron chi connectivity index (χ2n) is 4.78. The molecule has 0 saturated heterocycles. The lowest BCUT2D eigenvalue weighted by Crippen LogP contribution is -2.24. The Hall–Kier alpha value is -0.560. The SMILES string of the molecule is CC(C)(C)C1=C[N+](C)(C)C=C1. The van der Waals surface area contributed by atoms with Gasteiger partial charge in [0.15, 0.2) is 0 Å². The molecule has 0 radical (unpaired) electrons. The van der Waals surface area contributed by atoms with Crippen LogP contribution in [0.1, 0.15) is 20.8 Å². The van der Waals surface area contributed by atoms with Crippen molar-refractivity contribution in [3.8, 4) is 0 Å². The Morgan fingerprint density at radius 3 is 1.91 bits per heavy atom. The van der Waals surface area contributed by atoms with Crippen molar-refractivity contribution >= 4 is 0 Å². The minimum Gasteiger partial charge on any atom is -0.276 e. The van der Waals surface area contributed by atoms with Gasteiger partial charge in [0.05, 0.1) is 14.1 Å². The van der Waals surface area contributed by atoms with Gasteiger partial charge in [0.2, 0.25) is 0 Å². The maximum atomic E-state index is 2.29. The quantitative estimate of drug-likeness (QED) is 0.468. The molecule has 0 aromatic heterocycles. The van der Waals surface area contributed by atoms with Gasteiger partial charge in [-0.15, -0.1) is 0 Å². The van der Waals surface area contributed by atoms with E-state index in [1.807, 2.05) is 0 Å². The summed E-state index contributed by atoms with van der Waals surface area (Å²) in [6, 6.07) is 0. The van der Waals surface area contributed by atoms with Gasteiger partial charge in [0.25, 0.3) is 0 Å². The molecule has 0 N–H and O–H groups in total. The molecule has 1 rings (SSSR count). The smallest absolute Gasteiger partial charge is 0.104 e. The summed E-state index contributed by atoms with van der Waals surface area (Å²) in [5.74, 6) is 0. The first-order valence-corrected chi connectivity index (χ1v) is 4.07. The topological polar surface area (TPSA) is 0 Å². The fourth-order valence-corrected chi connectivity index (χ4v) is 1.16. The van der Waals surface area contributed by atoms with Crippen LogP contribution in [0.15, 0.2) is 24.0 Å². The van der Waals surface area contributed by atoms with Gasteiger partial charge in [-0.2, -0.15) is 0 Å². The van der Waals surface area contributed by atoms with Crippen molar-refractivity contribution in [1.29, 1.82) is 0 Å². The molecule has 11 heavy (non-hydrogen) atoms. The van der Waals surface area contributed by atoms with Gasteiger partial charge < -0.3 is 0 Å². The molecule has 0 atom stereocenters. The van der Waals surface area contributed by atoms with E-state index in [1.54, 1.807) is 0 Å². The second kappa shape index (κ2) is 2.21. The monoisotopic (exact) mass is 152 g/mol. The van der Waals surface area contributed by atoms with E-state index in [4.69, 9.17) is 0 Å². The van der Waals surface area contributed by atoms with Gasteiger partial charge in [0, 0.05) is 11.6 Å². The normalized spacial score (nSPS) is 22.1. The Balaban J connectivity index is 2.89. The van der Waals surface area contributed by atoms with E-state index < -0.39 is 0 Å². The van der Waals surface area contributed by atoms with E-state index in [0.29, 0.717) is 5.41 Å². The average Bonchev–Trinajstić information content (AvgIpc) is 2.07. The third-order valence-electron chi connectivity index (χ3n) is 1.98. The molecular formula is C10H18N+. The van der Waals surface area contributed by atoms with Crippen molar-refractivity contribution < 1.29 is 4.48 Å². The molecule has 1 heterocycles. The van der Waals surface area contributed by atoms with Crippen molar-refractivity contribution in [2.75, 3.05) is 14.1 Å². The number of hydrogen-bond donors (Lipinski definition) is 0. The predicted octanol–water partition coefficient (Wildman–Crippen LogP) is 2.52. The largest absolute Gasteiger partial charge is 0.276 e. The summed E-state index contributed by atoms with van der Waals surface area (Å²) in [5.41, 5.74) is 1.73. The average molecular weight is 152 g/mol. The van der Waals surface area contributed by atoms with Gasteiger partial charge >= 0.3 is 0 Å². The van der Waals surface area contributed by atoms with Crippen LogP contribution in [-0.4, -0.2) is 18.6 Å². The first kappa shape index (κ1) is 8.54. The second-order valence-corrected chi connectivity index (χ2v) is 4.78. The van der Waals surface area contributed by atoms with Gasteiger partial charge in [0.1, 0.15) is 12.4 Å². The zero-order chi connectivity index (χ0) is 8.70. The highest BCUT2D eigenvalue weighted by atomic mass is 15.3. The molecule has 0 aliphatic carbocycles. The first-order valence-electron chi connectivity index (χ1n) is 4.07. The Kier molecular flexibility index (Phi) is 1.72. The summed E-state index contributed by atoms with van der Waals surface area (Å²) in [6.07, 6.45) is 6.72. The molecule has 0 fully saturated rings. The number of rotatable bonds is 0. The zero-order valence-corrected chi connectivity index (χ0v) is 8.18. The van der Waals surface area contributed by atoms with Gasteiger partial charge in [-0.1, -0.05) is 20.8 Å². The van der Waals surface area contributed by atoms with E-state index in [9.17, 15) is 0 Å². The number of nitrogens with zero attached hydrogens (tertiary/aromatic N) is 1. The molecule has 0 amide bonds. The molecule has 0 aromatic rings. The van der Waals surface area contributed by atoms with E-state index in [2.05, 4.69) is 53.3 Å². The number of hydrogen-bond acceptors (Lipinski definition) is 0. The van der Waals surface area contributed by atoms with E-state index in [1.165, 1.54) is 5.57 Å². The highest BCUT2D eigenvalue weighted by Crippen LogP contribution is 2.31. The summed E-state index contributed by atoms with van der Waals surface area (Å²) >= 11 is 0. The van der Waals surface area contributed by atoms with Crippen LogP contribution in [-0.2, 0) is 0 Å². The highest BCUT2D eigenvalue weighted by Gasteiger charge is 2.24.